The van der Waals surface area contributed by atoms with Crippen molar-refractivity contribution < 1.29 is 15.0 Å². The van der Waals surface area contributed by atoms with E-state index in [9.17, 15) is 4.79 Å². The molecule has 4 heteroatoms. The Hall–Kier alpha value is -1.23. The van der Waals surface area contributed by atoms with Gasteiger partial charge in [-0.3, -0.25) is 9.69 Å². The number of aryl methyl sites for hydroxylation is 2. The van der Waals surface area contributed by atoms with Crippen molar-refractivity contribution in [2.75, 3.05) is 32.8 Å². The number of hydrogen-bond donors (Lipinski definition) is 2. The highest BCUT2D eigenvalue weighted by atomic mass is 16.3. The number of rotatable bonds is 11. The third-order valence-corrected chi connectivity index (χ3v) is 3.93. The molecule has 0 saturated carbocycles. The van der Waals surface area contributed by atoms with Crippen molar-refractivity contribution in [2.45, 2.75) is 39.5 Å². The van der Waals surface area contributed by atoms with Crippen LogP contribution >= 0.6 is 0 Å². The molecule has 1 rings (SSSR count). The van der Waals surface area contributed by atoms with Crippen LogP contribution in [0.15, 0.2) is 18.2 Å². The molecule has 4 nitrogen and oxygen atoms in total. The van der Waals surface area contributed by atoms with E-state index < -0.39 is 0 Å². The Kier molecular flexibility index (Phi) is 8.97. The van der Waals surface area contributed by atoms with E-state index in [1.165, 1.54) is 0 Å². The molecule has 0 amide bonds. The highest BCUT2D eigenvalue weighted by Crippen LogP contribution is 2.14. The molecule has 1 aromatic rings. The van der Waals surface area contributed by atoms with E-state index in [4.69, 9.17) is 10.2 Å². The zero-order valence-electron chi connectivity index (χ0n) is 13.8. The summed E-state index contributed by atoms with van der Waals surface area (Å²) in [4.78, 5) is 14.5. The number of unbranched alkanes of at least 4 members (excludes halogenated alkanes) is 1. The summed E-state index contributed by atoms with van der Waals surface area (Å²) >= 11 is 0. The third-order valence-electron chi connectivity index (χ3n) is 3.93. The van der Waals surface area contributed by atoms with Gasteiger partial charge in [-0.25, -0.2) is 0 Å². The Balaban J connectivity index is 2.57. The van der Waals surface area contributed by atoms with Gasteiger partial charge in [-0.15, -0.1) is 0 Å². The largest absolute Gasteiger partial charge is 0.396 e. The zero-order valence-corrected chi connectivity index (χ0v) is 13.8. The fourth-order valence-electron chi connectivity index (χ4n) is 2.64. The Bertz CT molecular complexity index is 439. The average molecular weight is 307 g/mol. The lowest BCUT2D eigenvalue weighted by Gasteiger charge is -2.21. The van der Waals surface area contributed by atoms with Gasteiger partial charge in [-0.2, -0.15) is 0 Å². The first-order chi connectivity index (χ1) is 10.6. The summed E-state index contributed by atoms with van der Waals surface area (Å²) in [6.45, 7) is 6.34. The molecule has 0 aliphatic heterocycles. The molecule has 0 radical (unpaired) electrons. The average Bonchev–Trinajstić information content (AvgIpc) is 2.48. The maximum Gasteiger partial charge on any atom is 0.151 e. The quantitative estimate of drug-likeness (QED) is 0.613. The van der Waals surface area contributed by atoms with Gasteiger partial charge >= 0.3 is 0 Å². The van der Waals surface area contributed by atoms with Gasteiger partial charge in [0.25, 0.3) is 0 Å². The zero-order chi connectivity index (χ0) is 16.4. The maximum absolute atomic E-state index is 12.4. The van der Waals surface area contributed by atoms with Gasteiger partial charge in [-0.1, -0.05) is 18.2 Å². The van der Waals surface area contributed by atoms with Gasteiger partial charge in [0, 0.05) is 26.2 Å². The summed E-state index contributed by atoms with van der Waals surface area (Å²) in [6, 6.07) is 6.10. The summed E-state index contributed by atoms with van der Waals surface area (Å²) in [7, 11) is 0. The molecule has 1 aromatic carbocycles. The third kappa shape index (κ3) is 6.69. The topological polar surface area (TPSA) is 60.8 Å². The van der Waals surface area contributed by atoms with Crippen LogP contribution in [0.4, 0.5) is 0 Å². The van der Waals surface area contributed by atoms with Crippen LogP contribution in [0.5, 0.6) is 0 Å². The van der Waals surface area contributed by atoms with Crippen molar-refractivity contribution in [2.24, 2.45) is 0 Å². The fourth-order valence-corrected chi connectivity index (χ4v) is 2.64. The van der Waals surface area contributed by atoms with Crippen LogP contribution in [0.3, 0.4) is 0 Å². The lowest BCUT2D eigenvalue weighted by Crippen LogP contribution is -2.33. The summed E-state index contributed by atoms with van der Waals surface area (Å²) in [5, 5.41) is 17.8. The van der Waals surface area contributed by atoms with Crippen molar-refractivity contribution in [1.29, 1.82) is 0 Å². The summed E-state index contributed by atoms with van der Waals surface area (Å²) in [5.74, 6) is 0.208. The number of carbonyl (C=O) groups excluding carboxylic acids is 1. The summed E-state index contributed by atoms with van der Waals surface area (Å²) in [6.07, 6.45) is 2.77. The smallest absolute Gasteiger partial charge is 0.151 e. The molecule has 124 valence electrons. The van der Waals surface area contributed by atoms with E-state index in [0.29, 0.717) is 19.4 Å². The lowest BCUT2D eigenvalue weighted by atomic mass is 9.98. The number of nitrogens with zero attached hydrogens (tertiary/aromatic N) is 1. The van der Waals surface area contributed by atoms with Gasteiger partial charge in [0.15, 0.2) is 5.78 Å². The predicted molar refractivity (Wildman–Crippen MR) is 89.1 cm³/mol. The molecular weight excluding hydrogens is 278 g/mol. The second-order valence-corrected chi connectivity index (χ2v) is 5.87. The second-order valence-electron chi connectivity index (χ2n) is 5.87. The van der Waals surface area contributed by atoms with Gasteiger partial charge in [-0.05, 0) is 56.3 Å². The number of carbonyl (C=O) groups is 1. The van der Waals surface area contributed by atoms with E-state index in [1.807, 2.05) is 32.0 Å². The first-order valence-corrected chi connectivity index (χ1v) is 8.09. The van der Waals surface area contributed by atoms with E-state index in [0.717, 1.165) is 42.6 Å². The number of benzene rings is 1. The van der Waals surface area contributed by atoms with Crippen molar-refractivity contribution in [3.63, 3.8) is 0 Å². The van der Waals surface area contributed by atoms with Crippen molar-refractivity contribution in [1.82, 2.24) is 4.90 Å². The molecule has 0 unspecified atom stereocenters. The maximum atomic E-state index is 12.4. The van der Waals surface area contributed by atoms with E-state index >= 15 is 0 Å². The predicted octanol–water partition coefficient (Wildman–Crippen LogP) is 1.87. The molecule has 0 saturated heterocycles. The van der Waals surface area contributed by atoms with Crippen molar-refractivity contribution in [3.8, 4) is 0 Å². The molecule has 0 aromatic heterocycles. The van der Waals surface area contributed by atoms with E-state index in [1.54, 1.807) is 0 Å². The number of Topliss-reactive ketones (excluding diaryl/α,β-unsaturated/α-hetero) is 1. The van der Waals surface area contributed by atoms with Crippen LogP contribution in [0.25, 0.3) is 0 Å². The minimum atomic E-state index is 0.140. The SMILES string of the molecule is Cc1cccc(C)c1CC(=O)CN(CCCO)CCCCO. The highest BCUT2D eigenvalue weighted by Gasteiger charge is 2.13. The molecule has 0 aliphatic rings. The van der Waals surface area contributed by atoms with Crippen molar-refractivity contribution in [3.05, 3.63) is 34.9 Å². The molecule has 22 heavy (non-hydrogen) atoms. The van der Waals surface area contributed by atoms with Crippen molar-refractivity contribution >= 4 is 5.78 Å². The lowest BCUT2D eigenvalue weighted by molar-refractivity contribution is -0.119. The number of ketones is 1. The second kappa shape index (κ2) is 10.5. The first kappa shape index (κ1) is 18.8. The summed E-state index contributed by atoms with van der Waals surface area (Å²) < 4.78 is 0. The Morgan fingerprint density at radius 3 is 2.18 bits per heavy atom. The minimum Gasteiger partial charge on any atom is -0.396 e. The monoisotopic (exact) mass is 307 g/mol. The van der Waals surface area contributed by atoms with Gasteiger partial charge < -0.3 is 10.2 Å². The van der Waals surface area contributed by atoms with E-state index in [-0.39, 0.29) is 19.0 Å². The molecule has 0 heterocycles. The van der Waals surface area contributed by atoms with Crippen LogP contribution in [0, 0.1) is 13.8 Å². The fraction of sp³-hybridized carbons (Fsp3) is 0.611. The van der Waals surface area contributed by atoms with Gasteiger partial charge in [0.1, 0.15) is 0 Å². The van der Waals surface area contributed by atoms with Gasteiger partial charge in [0.05, 0.1) is 6.54 Å². The standard InChI is InChI=1S/C18H29NO3/c1-15-7-5-8-16(2)18(15)13-17(22)14-19(10-6-12-21)9-3-4-11-20/h5,7-8,20-21H,3-4,6,9-14H2,1-2H3. The minimum absolute atomic E-state index is 0.140. The van der Waals surface area contributed by atoms with Crippen LogP contribution in [-0.4, -0.2) is 53.7 Å². The molecule has 0 fully saturated rings. The van der Waals surface area contributed by atoms with Gasteiger partial charge in [0.2, 0.25) is 0 Å². The molecule has 0 spiro atoms. The Morgan fingerprint density at radius 2 is 1.59 bits per heavy atom. The van der Waals surface area contributed by atoms with Crippen LogP contribution < -0.4 is 0 Å². The molecule has 0 aliphatic carbocycles. The van der Waals surface area contributed by atoms with Crippen LogP contribution in [0.2, 0.25) is 0 Å². The molecule has 0 atom stereocenters. The van der Waals surface area contributed by atoms with Crippen LogP contribution in [0.1, 0.15) is 36.0 Å². The number of hydrogen-bond acceptors (Lipinski definition) is 4. The number of aliphatic hydroxyl groups is 2. The first-order valence-electron chi connectivity index (χ1n) is 8.09. The normalized spacial score (nSPS) is 11.1. The Labute approximate surface area is 133 Å². The molecule has 0 bridgehead atoms. The van der Waals surface area contributed by atoms with Crippen LogP contribution in [-0.2, 0) is 11.2 Å². The van der Waals surface area contributed by atoms with E-state index in [2.05, 4.69) is 4.90 Å². The molecule has 2 N–H and O–H groups in total. The number of aliphatic hydroxyl groups excluding tert-OH is 2. The molecular formula is C18H29NO3. The highest BCUT2D eigenvalue weighted by molar-refractivity contribution is 5.83. The summed E-state index contributed by atoms with van der Waals surface area (Å²) in [5.41, 5.74) is 3.45. The Morgan fingerprint density at radius 1 is 1.00 bits per heavy atom.